The van der Waals surface area contributed by atoms with E-state index >= 15 is 0 Å². The quantitative estimate of drug-likeness (QED) is 0.276. The summed E-state index contributed by atoms with van der Waals surface area (Å²) in [4.78, 5) is 53.6. The third-order valence-electron chi connectivity index (χ3n) is 4.65. The summed E-state index contributed by atoms with van der Waals surface area (Å²) in [6.07, 6.45) is 2.88. The first kappa shape index (κ1) is 21.7. The molecule has 0 unspecified atom stereocenters. The lowest BCUT2D eigenvalue weighted by Crippen LogP contribution is -2.31. The summed E-state index contributed by atoms with van der Waals surface area (Å²) < 4.78 is 5.20. The van der Waals surface area contributed by atoms with Crippen LogP contribution in [0.1, 0.15) is 52.5 Å². The summed E-state index contributed by atoms with van der Waals surface area (Å²) in [6.45, 7) is 5.29. The van der Waals surface area contributed by atoms with E-state index in [1.165, 1.54) is 6.08 Å². The molecule has 1 heterocycles. The van der Waals surface area contributed by atoms with Crippen molar-refractivity contribution in [1.29, 1.82) is 0 Å². The van der Waals surface area contributed by atoms with Gasteiger partial charge in [0.15, 0.2) is 0 Å². The molecular weight excluding hydrogens is 396 g/mol. The van der Waals surface area contributed by atoms with Gasteiger partial charge in [-0.15, -0.1) is 0 Å². The second-order valence-corrected chi connectivity index (χ2v) is 7.32. The Bertz CT molecular complexity index is 1270. The van der Waals surface area contributed by atoms with Gasteiger partial charge in [0.25, 0.3) is 5.56 Å². The zero-order valence-electron chi connectivity index (χ0n) is 17.4. The highest BCUT2D eigenvalue weighted by molar-refractivity contribution is 6.09. The molecular formula is C24H22N2O5. The molecule has 0 saturated carbocycles. The molecule has 0 aliphatic carbocycles. The fourth-order valence-corrected chi connectivity index (χ4v) is 3.21. The number of nitrogens with one attached hydrogen (secondary N) is 2. The number of ether oxygens (including phenoxy) is 1. The van der Waals surface area contributed by atoms with Crippen molar-refractivity contribution in [3.8, 4) is 5.75 Å². The van der Waals surface area contributed by atoms with Crippen LogP contribution in [0.3, 0.4) is 0 Å². The number of hydrogen-bond donors (Lipinski definition) is 2. The van der Waals surface area contributed by atoms with E-state index in [9.17, 15) is 19.2 Å². The van der Waals surface area contributed by atoms with E-state index in [0.717, 1.165) is 0 Å². The zero-order valence-corrected chi connectivity index (χ0v) is 17.4. The molecule has 0 atom stereocenters. The number of rotatable bonds is 6. The molecule has 0 amide bonds. The molecule has 7 nitrogen and oxygen atoms in total. The molecule has 0 aliphatic heterocycles. The topological polar surface area (TPSA) is 109 Å². The fourth-order valence-electron chi connectivity index (χ4n) is 3.21. The van der Waals surface area contributed by atoms with Gasteiger partial charge in [-0.05, 0) is 42.2 Å². The van der Waals surface area contributed by atoms with Crippen LogP contribution < -0.4 is 16.0 Å². The van der Waals surface area contributed by atoms with Gasteiger partial charge in [0, 0.05) is 17.2 Å². The minimum atomic E-state index is -0.730. The lowest BCUT2D eigenvalue weighted by molar-refractivity contribution is -0.128. The number of hydrogen-bond acceptors (Lipinski definition) is 5. The number of esters is 1. The first-order valence-electron chi connectivity index (χ1n) is 9.73. The highest BCUT2D eigenvalue weighted by Crippen LogP contribution is 2.20. The average Bonchev–Trinajstić information content (AvgIpc) is 2.71. The van der Waals surface area contributed by atoms with E-state index < -0.39 is 23.0 Å². The Kier molecular flexibility index (Phi) is 6.45. The summed E-state index contributed by atoms with van der Waals surface area (Å²) in [6, 6.07) is 13.7. The van der Waals surface area contributed by atoms with E-state index in [1.807, 2.05) is 6.07 Å². The van der Waals surface area contributed by atoms with Gasteiger partial charge in [0.05, 0.1) is 5.69 Å². The summed E-state index contributed by atoms with van der Waals surface area (Å²) in [5.74, 6) is -0.769. The van der Waals surface area contributed by atoms with Gasteiger partial charge in [-0.25, -0.2) is 9.59 Å². The maximum Gasteiger partial charge on any atom is 0.336 e. The summed E-state index contributed by atoms with van der Waals surface area (Å²) in [5, 5.41) is 0. The number of benzene rings is 2. The Balaban J connectivity index is 1.84. The highest BCUT2D eigenvalue weighted by Gasteiger charge is 2.21. The van der Waals surface area contributed by atoms with Crippen LogP contribution in [0.4, 0.5) is 0 Å². The predicted octanol–water partition coefficient (Wildman–Crippen LogP) is 3.34. The van der Waals surface area contributed by atoms with E-state index in [1.54, 1.807) is 69.3 Å². The maximum atomic E-state index is 13.1. The standard InChI is InChI=1S/C24H22N2O5/c1-14(2)20-21(25-24(30)26-23(20)29)22(28)18-11-9-16(13-15(18)3)10-12-19(27)31-17-7-5-4-6-8-17/h4-14H,1-3H3,(H2,25,26,29,30)/b12-10+. The van der Waals surface area contributed by atoms with Crippen molar-refractivity contribution in [2.45, 2.75) is 26.7 Å². The lowest BCUT2D eigenvalue weighted by Gasteiger charge is -2.12. The van der Waals surface area contributed by atoms with Crippen LogP contribution >= 0.6 is 0 Å². The molecule has 3 aromatic rings. The molecule has 1 aromatic heterocycles. The molecule has 31 heavy (non-hydrogen) atoms. The Hall–Kier alpha value is -4.00. The Labute approximate surface area is 178 Å². The smallest absolute Gasteiger partial charge is 0.336 e. The van der Waals surface area contributed by atoms with Crippen molar-refractivity contribution in [3.63, 3.8) is 0 Å². The van der Waals surface area contributed by atoms with Crippen molar-refractivity contribution in [2.75, 3.05) is 0 Å². The Morgan fingerprint density at radius 2 is 1.71 bits per heavy atom. The highest BCUT2D eigenvalue weighted by atomic mass is 16.5. The van der Waals surface area contributed by atoms with Crippen LogP contribution in [0.25, 0.3) is 6.08 Å². The maximum absolute atomic E-state index is 13.1. The van der Waals surface area contributed by atoms with E-state index in [0.29, 0.717) is 22.4 Å². The number of H-pyrrole nitrogens is 2. The van der Waals surface area contributed by atoms with Gasteiger partial charge in [0.2, 0.25) is 5.78 Å². The van der Waals surface area contributed by atoms with E-state index in [-0.39, 0.29) is 17.2 Å². The molecule has 7 heteroatoms. The van der Waals surface area contributed by atoms with E-state index in [2.05, 4.69) is 9.97 Å². The SMILES string of the molecule is Cc1cc(/C=C/C(=O)Oc2ccccc2)ccc1C(=O)c1[nH]c(=O)[nH]c(=O)c1C(C)C. The monoisotopic (exact) mass is 418 g/mol. The third kappa shape index (κ3) is 5.14. The second-order valence-electron chi connectivity index (χ2n) is 7.32. The van der Waals surface area contributed by atoms with Gasteiger partial charge in [-0.3, -0.25) is 14.6 Å². The number of aromatic amines is 2. The largest absolute Gasteiger partial charge is 0.423 e. The van der Waals surface area contributed by atoms with Gasteiger partial charge >= 0.3 is 11.7 Å². The zero-order chi connectivity index (χ0) is 22.5. The summed E-state index contributed by atoms with van der Waals surface area (Å²) in [7, 11) is 0. The minimum Gasteiger partial charge on any atom is -0.423 e. The van der Waals surface area contributed by atoms with Crippen LogP contribution in [-0.2, 0) is 4.79 Å². The van der Waals surface area contributed by atoms with Crippen LogP contribution in [-0.4, -0.2) is 21.7 Å². The summed E-state index contributed by atoms with van der Waals surface area (Å²) >= 11 is 0. The molecule has 158 valence electrons. The number of carbonyl (C=O) groups is 2. The molecule has 0 aliphatic rings. The molecule has 0 spiro atoms. The molecule has 0 saturated heterocycles. The molecule has 0 radical (unpaired) electrons. The van der Waals surface area contributed by atoms with Crippen molar-refractivity contribution < 1.29 is 14.3 Å². The molecule has 2 N–H and O–H groups in total. The number of carbonyl (C=O) groups excluding carboxylic acids is 2. The summed E-state index contributed by atoms with van der Waals surface area (Å²) in [5.41, 5.74) is 0.607. The van der Waals surface area contributed by atoms with Crippen molar-refractivity contribution in [1.82, 2.24) is 9.97 Å². The predicted molar refractivity (Wildman–Crippen MR) is 117 cm³/mol. The number of aromatic nitrogens is 2. The number of para-hydroxylation sites is 1. The average molecular weight is 418 g/mol. The molecule has 0 bridgehead atoms. The number of ketones is 1. The van der Waals surface area contributed by atoms with Crippen molar-refractivity contribution >= 4 is 17.8 Å². The van der Waals surface area contributed by atoms with Crippen LogP contribution in [0.5, 0.6) is 5.75 Å². The first-order chi connectivity index (χ1) is 14.8. The van der Waals surface area contributed by atoms with Gasteiger partial charge in [-0.2, -0.15) is 0 Å². The van der Waals surface area contributed by atoms with Crippen LogP contribution in [0.15, 0.2) is 64.2 Å². The molecule has 2 aromatic carbocycles. The lowest BCUT2D eigenvalue weighted by atomic mass is 9.94. The third-order valence-corrected chi connectivity index (χ3v) is 4.65. The van der Waals surface area contributed by atoms with Crippen molar-refractivity contribution in [3.05, 3.63) is 103 Å². The van der Waals surface area contributed by atoms with Gasteiger partial charge < -0.3 is 9.72 Å². The Morgan fingerprint density at radius 3 is 2.35 bits per heavy atom. The normalized spacial score (nSPS) is 11.1. The van der Waals surface area contributed by atoms with Gasteiger partial charge in [-0.1, -0.05) is 50.2 Å². The Morgan fingerprint density at radius 1 is 1.00 bits per heavy atom. The first-order valence-corrected chi connectivity index (χ1v) is 9.73. The second kappa shape index (κ2) is 9.21. The van der Waals surface area contributed by atoms with Crippen LogP contribution in [0.2, 0.25) is 0 Å². The minimum absolute atomic E-state index is 0.0124. The fraction of sp³-hybridized carbons (Fsp3) is 0.167. The van der Waals surface area contributed by atoms with Gasteiger partial charge in [0.1, 0.15) is 5.75 Å². The molecule has 0 fully saturated rings. The van der Waals surface area contributed by atoms with Crippen LogP contribution in [0, 0.1) is 6.92 Å². The molecule has 3 rings (SSSR count). The van der Waals surface area contributed by atoms with Crippen molar-refractivity contribution in [2.24, 2.45) is 0 Å². The van der Waals surface area contributed by atoms with E-state index in [4.69, 9.17) is 4.74 Å². The number of aryl methyl sites for hydroxylation is 1.